The van der Waals surface area contributed by atoms with Crippen LogP contribution in [0.4, 0.5) is 0 Å². The van der Waals surface area contributed by atoms with Crippen molar-refractivity contribution in [3.05, 3.63) is 54.1 Å². The molecule has 0 saturated heterocycles. The van der Waals surface area contributed by atoms with Gasteiger partial charge in [-0.2, -0.15) is 0 Å². The molecule has 0 aliphatic rings. The minimum absolute atomic E-state index is 0.0283. The van der Waals surface area contributed by atoms with E-state index >= 15 is 0 Å². The number of imidazole rings is 1. The van der Waals surface area contributed by atoms with Gasteiger partial charge < -0.3 is 42.6 Å². The minimum atomic E-state index is -1.53. The molecule has 4 atom stereocenters. The highest BCUT2D eigenvalue weighted by Crippen LogP contribution is 2.05. The topological polar surface area (TPSA) is 243 Å². The maximum absolute atomic E-state index is 12.9. The van der Waals surface area contributed by atoms with E-state index in [-0.39, 0.29) is 25.7 Å². The smallest absolute Gasteiger partial charge is 0.326 e. The summed E-state index contributed by atoms with van der Waals surface area (Å²) in [6, 6.07) is 3.34. The molecule has 0 bridgehead atoms. The van der Waals surface area contributed by atoms with Gasteiger partial charge in [0.2, 0.25) is 23.6 Å². The lowest BCUT2D eigenvalue weighted by Crippen LogP contribution is -2.58. The molecular weight excluding hydrogens is 486 g/mol. The van der Waals surface area contributed by atoms with Crippen LogP contribution >= 0.6 is 0 Å². The van der Waals surface area contributed by atoms with E-state index < -0.39 is 60.4 Å². The molecule has 10 N–H and O–H groups in total. The summed E-state index contributed by atoms with van der Waals surface area (Å²) in [4.78, 5) is 67.6. The van der Waals surface area contributed by atoms with Gasteiger partial charge in [-0.1, -0.05) is 30.3 Å². The molecule has 0 spiro atoms. The summed E-state index contributed by atoms with van der Waals surface area (Å²) < 4.78 is 0. The number of hydrogen-bond donors (Lipinski definition) is 8. The van der Waals surface area contributed by atoms with Crippen LogP contribution in [0.25, 0.3) is 0 Å². The molecule has 0 fully saturated rings. The van der Waals surface area contributed by atoms with Gasteiger partial charge in [-0.05, 0) is 12.0 Å². The van der Waals surface area contributed by atoms with Crippen LogP contribution < -0.4 is 27.4 Å². The Hall–Kier alpha value is -4.30. The van der Waals surface area contributed by atoms with Crippen LogP contribution in [0.15, 0.2) is 42.9 Å². The number of H-pyrrole nitrogens is 1. The van der Waals surface area contributed by atoms with Crippen LogP contribution in [0.2, 0.25) is 0 Å². The van der Waals surface area contributed by atoms with Crippen molar-refractivity contribution in [2.75, 3.05) is 6.61 Å². The number of nitrogens with one attached hydrogen (secondary N) is 4. The van der Waals surface area contributed by atoms with E-state index in [1.165, 1.54) is 12.5 Å². The summed E-state index contributed by atoms with van der Waals surface area (Å²) in [7, 11) is 0. The van der Waals surface area contributed by atoms with E-state index in [9.17, 15) is 34.2 Å². The number of hydrogen-bond acceptors (Lipinski definition) is 8. The van der Waals surface area contributed by atoms with Gasteiger partial charge in [0.1, 0.15) is 18.1 Å². The molecular formula is C23H31N7O7. The van der Waals surface area contributed by atoms with Crippen LogP contribution in [0.5, 0.6) is 0 Å². The number of carboxylic acids is 1. The second-order valence-corrected chi connectivity index (χ2v) is 8.29. The Morgan fingerprint density at radius 2 is 1.54 bits per heavy atom. The maximum atomic E-state index is 12.9. The number of rotatable bonds is 15. The fourth-order valence-corrected chi connectivity index (χ4v) is 3.35. The van der Waals surface area contributed by atoms with Gasteiger partial charge in [-0.25, -0.2) is 9.78 Å². The molecule has 0 aliphatic carbocycles. The molecule has 4 amide bonds. The van der Waals surface area contributed by atoms with Crippen LogP contribution in [0, 0.1) is 0 Å². The molecule has 1 aromatic heterocycles. The van der Waals surface area contributed by atoms with Crippen molar-refractivity contribution in [3.63, 3.8) is 0 Å². The molecule has 0 saturated carbocycles. The normalized spacial score (nSPS) is 14.0. The summed E-state index contributed by atoms with van der Waals surface area (Å²) in [6.45, 7) is -0.856. The van der Waals surface area contributed by atoms with Crippen molar-refractivity contribution >= 4 is 29.6 Å². The number of aromatic nitrogens is 2. The number of benzene rings is 1. The molecule has 200 valence electrons. The van der Waals surface area contributed by atoms with Crippen molar-refractivity contribution in [1.82, 2.24) is 25.9 Å². The zero-order chi connectivity index (χ0) is 27.4. The van der Waals surface area contributed by atoms with Gasteiger partial charge in [0.25, 0.3) is 0 Å². The highest BCUT2D eigenvalue weighted by atomic mass is 16.4. The van der Waals surface area contributed by atoms with E-state index in [0.29, 0.717) is 11.3 Å². The molecule has 37 heavy (non-hydrogen) atoms. The average Bonchev–Trinajstić information content (AvgIpc) is 3.37. The van der Waals surface area contributed by atoms with E-state index in [1.54, 1.807) is 30.3 Å². The number of carbonyl (C=O) groups excluding carboxylic acids is 4. The standard InChI is InChI=1S/C23H31N7O7/c24-15(9-14-10-26-12-27-14)20(33)28-16(6-7-19(25)32)21(34)30-18(11-31)22(35)29-17(23(36)37)8-13-4-2-1-3-5-13/h1-5,10,12,15-18,31H,6-9,11,24H2,(H2,25,32)(H,26,27)(H,28,33)(H,29,35)(H,30,34)(H,36,37). The largest absolute Gasteiger partial charge is 0.480 e. The molecule has 1 heterocycles. The van der Waals surface area contributed by atoms with E-state index in [0.717, 1.165) is 0 Å². The van der Waals surface area contributed by atoms with Crippen molar-refractivity contribution in [2.45, 2.75) is 49.9 Å². The summed E-state index contributed by atoms with van der Waals surface area (Å²) in [5, 5.41) is 26.2. The zero-order valence-electron chi connectivity index (χ0n) is 19.9. The van der Waals surface area contributed by atoms with Crippen LogP contribution in [-0.4, -0.2) is 80.6 Å². The second kappa shape index (κ2) is 14.3. The van der Waals surface area contributed by atoms with Crippen molar-refractivity contribution in [3.8, 4) is 0 Å². The lowest BCUT2D eigenvalue weighted by atomic mass is 10.1. The SMILES string of the molecule is NC(=O)CCC(NC(=O)C(N)Cc1cnc[nH]1)C(=O)NC(CO)C(=O)NC(Cc1ccccc1)C(=O)O. The number of nitrogens with two attached hydrogens (primary N) is 2. The van der Waals surface area contributed by atoms with Gasteiger partial charge in [0.15, 0.2) is 0 Å². The number of nitrogens with zero attached hydrogens (tertiary/aromatic N) is 1. The van der Waals surface area contributed by atoms with Gasteiger partial charge in [-0.3, -0.25) is 19.2 Å². The van der Waals surface area contributed by atoms with Crippen LogP contribution in [0.1, 0.15) is 24.1 Å². The lowest BCUT2D eigenvalue weighted by Gasteiger charge is -2.24. The predicted molar refractivity (Wildman–Crippen MR) is 129 cm³/mol. The Morgan fingerprint density at radius 1 is 0.919 bits per heavy atom. The molecule has 14 nitrogen and oxygen atoms in total. The Morgan fingerprint density at radius 3 is 2.11 bits per heavy atom. The maximum Gasteiger partial charge on any atom is 0.326 e. The molecule has 2 rings (SSSR count). The number of carboxylic acid groups (broad SMARTS) is 1. The molecule has 4 unspecified atom stereocenters. The summed E-state index contributed by atoms with van der Waals surface area (Å²) in [5.74, 6) is -4.59. The predicted octanol–water partition coefficient (Wildman–Crippen LogP) is -2.68. The Kier molecular flexibility index (Phi) is 11.2. The van der Waals surface area contributed by atoms with Crippen LogP contribution in [0.3, 0.4) is 0 Å². The molecule has 2 aromatic rings. The number of carbonyl (C=O) groups is 5. The molecule has 14 heteroatoms. The highest BCUT2D eigenvalue weighted by Gasteiger charge is 2.30. The van der Waals surface area contributed by atoms with Crippen molar-refractivity contribution < 1.29 is 34.2 Å². The van der Waals surface area contributed by atoms with Crippen molar-refractivity contribution in [2.24, 2.45) is 11.5 Å². The number of primary amides is 1. The Bertz CT molecular complexity index is 1060. The second-order valence-electron chi connectivity index (χ2n) is 8.29. The fraction of sp³-hybridized carbons (Fsp3) is 0.391. The third kappa shape index (κ3) is 9.70. The third-order valence-corrected chi connectivity index (χ3v) is 5.36. The first-order valence-corrected chi connectivity index (χ1v) is 11.4. The van der Waals surface area contributed by atoms with E-state index in [2.05, 4.69) is 25.9 Å². The average molecular weight is 518 g/mol. The summed E-state index contributed by atoms with van der Waals surface area (Å²) in [5.41, 5.74) is 12.3. The van der Waals surface area contributed by atoms with Gasteiger partial charge in [-0.15, -0.1) is 0 Å². The first-order chi connectivity index (χ1) is 17.6. The first kappa shape index (κ1) is 28.9. The summed E-state index contributed by atoms with van der Waals surface area (Å²) in [6.07, 6.45) is 2.50. The molecule has 0 radical (unpaired) electrons. The quantitative estimate of drug-likeness (QED) is 0.122. The zero-order valence-corrected chi connectivity index (χ0v) is 19.9. The third-order valence-electron chi connectivity index (χ3n) is 5.36. The number of aliphatic carboxylic acids is 1. The fourth-order valence-electron chi connectivity index (χ4n) is 3.35. The van der Waals surface area contributed by atoms with Gasteiger partial charge >= 0.3 is 5.97 Å². The van der Waals surface area contributed by atoms with E-state index in [4.69, 9.17) is 11.5 Å². The number of amides is 4. The monoisotopic (exact) mass is 517 g/mol. The van der Waals surface area contributed by atoms with Crippen molar-refractivity contribution in [1.29, 1.82) is 0 Å². The van der Waals surface area contributed by atoms with E-state index in [1.807, 2.05) is 0 Å². The highest BCUT2D eigenvalue weighted by molar-refractivity contribution is 5.94. The Labute approximate surface area is 212 Å². The number of aliphatic hydroxyl groups excluding tert-OH is 1. The van der Waals surface area contributed by atoms with Gasteiger partial charge in [0, 0.05) is 31.2 Å². The van der Waals surface area contributed by atoms with Gasteiger partial charge in [0.05, 0.1) is 19.0 Å². The lowest BCUT2D eigenvalue weighted by molar-refractivity contribution is -0.142. The summed E-state index contributed by atoms with van der Waals surface area (Å²) >= 11 is 0. The first-order valence-electron chi connectivity index (χ1n) is 11.4. The van der Waals surface area contributed by atoms with Crippen LogP contribution in [-0.2, 0) is 36.8 Å². The number of aromatic amines is 1. The number of aliphatic hydroxyl groups is 1. The molecule has 1 aromatic carbocycles. The molecule has 0 aliphatic heterocycles. The Balaban J connectivity index is 2.05. The minimum Gasteiger partial charge on any atom is -0.480 e.